The first-order valence-corrected chi connectivity index (χ1v) is 14.8. The smallest absolute Gasteiger partial charge is 0.408 e. The van der Waals surface area contributed by atoms with Crippen LogP contribution in [0.5, 0.6) is 0 Å². The molecule has 3 rings (SSSR count). The van der Waals surface area contributed by atoms with E-state index < -0.39 is 42.3 Å². The van der Waals surface area contributed by atoms with Gasteiger partial charge in [-0.1, -0.05) is 88.4 Å². The van der Waals surface area contributed by atoms with E-state index >= 15 is 0 Å². The summed E-state index contributed by atoms with van der Waals surface area (Å²) < 4.78 is 12.6. The molecule has 0 aliphatic carbocycles. The highest BCUT2D eigenvalue weighted by Gasteiger charge is 2.33. The lowest BCUT2D eigenvalue weighted by Crippen LogP contribution is -2.57. The number of ether oxygens (including phenoxy) is 2. The zero-order valence-corrected chi connectivity index (χ0v) is 26.0. The van der Waals surface area contributed by atoms with Crippen LogP contribution in [0.2, 0.25) is 0 Å². The third kappa shape index (κ3) is 11.1. The lowest BCUT2D eigenvalue weighted by molar-refractivity contribution is -0.143. The van der Waals surface area contributed by atoms with Gasteiger partial charge < -0.3 is 30.5 Å². The summed E-state index contributed by atoms with van der Waals surface area (Å²) in [6.45, 7) is 7.97. The largest absolute Gasteiger partial charge is 0.445 e. The van der Waals surface area contributed by atoms with Crippen LogP contribution in [0.25, 0.3) is 0 Å². The summed E-state index contributed by atoms with van der Waals surface area (Å²) >= 11 is 0. The number of carbonyl (C=O) groups excluding carboxylic acids is 3. The van der Waals surface area contributed by atoms with E-state index in [1.165, 1.54) is 11.0 Å². The first kappa shape index (κ1) is 34.2. The molecule has 12 heteroatoms. The molecule has 0 saturated carbocycles. The van der Waals surface area contributed by atoms with Gasteiger partial charge in [0.1, 0.15) is 25.1 Å². The second-order valence-electron chi connectivity index (χ2n) is 11.5. The van der Waals surface area contributed by atoms with Crippen molar-refractivity contribution in [3.05, 3.63) is 83.9 Å². The van der Waals surface area contributed by atoms with Gasteiger partial charge in [0.05, 0.1) is 12.6 Å². The van der Waals surface area contributed by atoms with E-state index in [4.69, 9.17) is 9.47 Å². The molecule has 2 aromatic carbocycles. The summed E-state index contributed by atoms with van der Waals surface area (Å²) in [6, 6.07) is 16.5. The first-order valence-electron chi connectivity index (χ1n) is 14.8. The number of amides is 3. The number of aryl methyl sites for hydroxylation is 1. The van der Waals surface area contributed by atoms with Crippen molar-refractivity contribution in [3.63, 3.8) is 0 Å². The Hall–Kier alpha value is -4.29. The number of aromatic nitrogens is 3. The fraction of sp³-hybridized carbons (Fsp3) is 0.469. The maximum Gasteiger partial charge on any atom is 0.408 e. The van der Waals surface area contributed by atoms with Crippen LogP contribution >= 0.6 is 0 Å². The minimum absolute atomic E-state index is 0.0277. The van der Waals surface area contributed by atoms with Gasteiger partial charge >= 0.3 is 6.09 Å². The molecule has 3 aromatic rings. The van der Waals surface area contributed by atoms with Crippen molar-refractivity contribution in [1.82, 2.24) is 30.7 Å². The lowest BCUT2D eigenvalue weighted by atomic mass is 9.98. The summed E-state index contributed by atoms with van der Waals surface area (Å²) in [7, 11) is 1.65. The van der Waals surface area contributed by atoms with E-state index in [9.17, 15) is 19.5 Å². The average Bonchev–Trinajstić information content (AvgIpc) is 3.43. The number of hydrogen-bond donors (Lipinski definition) is 4. The Kier molecular flexibility index (Phi) is 13.3. The Bertz CT molecular complexity index is 1320. The number of nitrogens with zero attached hydrogens (tertiary/aromatic N) is 3. The van der Waals surface area contributed by atoms with E-state index in [0.29, 0.717) is 12.2 Å². The number of nitrogens with one attached hydrogen (secondary N) is 3. The normalized spacial score (nSPS) is 14.0. The summed E-state index contributed by atoms with van der Waals surface area (Å²) in [5.41, 5.74) is 1.59. The highest BCUT2D eigenvalue weighted by molar-refractivity contribution is 5.90. The average molecular weight is 609 g/mol. The molecular formula is C32H44N6O6. The maximum absolute atomic E-state index is 13.6. The Morgan fingerprint density at radius 2 is 1.50 bits per heavy atom. The Balaban J connectivity index is 1.77. The molecule has 1 unspecified atom stereocenters. The van der Waals surface area contributed by atoms with Gasteiger partial charge in [-0.2, -0.15) is 5.10 Å². The molecule has 0 spiro atoms. The molecule has 238 valence electrons. The molecule has 1 heterocycles. The van der Waals surface area contributed by atoms with Gasteiger partial charge in [-0.3, -0.25) is 14.3 Å². The van der Waals surface area contributed by atoms with Crippen molar-refractivity contribution < 1.29 is 29.0 Å². The molecule has 0 aliphatic rings. The molecule has 1 aromatic heterocycles. The highest BCUT2D eigenvalue weighted by atomic mass is 16.5. The van der Waals surface area contributed by atoms with Crippen LogP contribution in [0.4, 0.5) is 4.79 Å². The molecule has 4 atom stereocenters. The van der Waals surface area contributed by atoms with Crippen molar-refractivity contribution in [2.75, 3.05) is 6.61 Å². The third-order valence-electron chi connectivity index (χ3n) is 6.66. The minimum Gasteiger partial charge on any atom is -0.445 e. The fourth-order valence-corrected chi connectivity index (χ4v) is 4.45. The van der Waals surface area contributed by atoms with Gasteiger partial charge in [-0.25, -0.2) is 9.78 Å². The van der Waals surface area contributed by atoms with Crippen LogP contribution in [-0.4, -0.2) is 62.7 Å². The van der Waals surface area contributed by atoms with Crippen LogP contribution in [0.15, 0.2) is 67.0 Å². The minimum atomic E-state index is -1.40. The summed E-state index contributed by atoms with van der Waals surface area (Å²) in [5, 5.41) is 23.2. The molecule has 0 bridgehead atoms. The quantitative estimate of drug-likeness (QED) is 0.181. The van der Waals surface area contributed by atoms with Crippen molar-refractivity contribution in [1.29, 1.82) is 0 Å². The number of aliphatic hydroxyl groups is 1. The Morgan fingerprint density at radius 1 is 0.864 bits per heavy atom. The van der Waals surface area contributed by atoms with Gasteiger partial charge in [-0.05, 0) is 29.4 Å². The Labute approximate surface area is 258 Å². The second-order valence-corrected chi connectivity index (χ2v) is 11.5. The van der Waals surface area contributed by atoms with Gasteiger partial charge in [0.2, 0.25) is 12.1 Å². The number of alkyl carbamates (subject to hydrolysis) is 1. The predicted octanol–water partition coefficient (Wildman–Crippen LogP) is 3.03. The number of carbonyl (C=O) groups is 3. The number of aliphatic hydroxyl groups excluding tert-OH is 1. The van der Waals surface area contributed by atoms with Crippen LogP contribution in [-0.2, 0) is 39.1 Å². The first-order chi connectivity index (χ1) is 21.0. The van der Waals surface area contributed by atoms with E-state index in [2.05, 4.69) is 26.0 Å². The van der Waals surface area contributed by atoms with E-state index in [0.717, 1.165) is 11.1 Å². The van der Waals surface area contributed by atoms with E-state index in [1.54, 1.807) is 7.05 Å². The van der Waals surface area contributed by atoms with Crippen molar-refractivity contribution in [3.8, 4) is 0 Å². The molecule has 44 heavy (non-hydrogen) atoms. The molecule has 0 fully saturated rings. The summed E-state index contributed by atoms with van der Waals surface area (Å²) in [5.74, 6) is -0.807. The topological polar surface area (TPSA) is 157 Å². The molecule has 0 aliphatic heterocycles. The third-order valence-corrected chi connectivity index (χ3v) is 6.66. The number of hydrogen-bond acceptors (Lipinski definition) is 8. The van der Waals surface area contributed by atoms with Gasteiger partial charge in [0.15, 0.2) is 5.82 Å². The van der Waals surface area contributed by atoms with Crippen LogP contribution < -0.4 is 16.0 Å². The van der Waals surface area contributed by atoms with Crippen LogP contribution in [0.3, 0.4) is 0 Å². The molecule has 0 radical (unpaired) electrons. The van der Waals surface area contributed by atoms with Gasteiger partial charge in [-0.15, -0.1) is 0 Å². The van der Waals surface area contributed by atoms with Gasteiger partial charge in [0.25, 0.3) is 5.91 Å². The van der Waals surface area contributed by atoms with E-state index in [1.807, 2.05) is 88.4 Å². The van der Waals surface area contributed by atoms with Crippen LogP contribution in [0, 0.1) is 11.8 Å². The van der Waals surface area contributed by atoms with Gasteiger partial charge in [0, 0.05) is 13.5 Å². The standard InChI is InChI=1S/C32H44N6O6/c1-21(2)16-25(27(39)28-33-20-34-38(28)5)35-30(41)31(43-18-22(3)4)37-29(40)26(17-23-12-8-6-9-13-23)36-32(42)44-19-24-14-10-7-11-15-24/h6-15,20-22,25-27,31,39H,16-19H2,1-5H3,(H,35,41)(H,36,42)(H,37,40)/t25?,26-,27+,31-/m0/s1. The van der Waals surface area contributed by atoms with E-state index in [-0.39, 0.29) is 31.5 Å². The van der Waals surface area contributed by atoms with Crippen molar-refractivity contribution in [2.24, 2.45) is 18.9 Å². The molecule has 4 N–H and O–H groups in total. The summed E-state index contributed by atoms with van der Waals surface area (Å²) in [6.07, 6.45) is -1.43. The zero-order valence-electron chi connectivity index (χ0n) is 26.0. The monoisotopic (exact) mass is 608 g/mol. The maximum atomic E-state index is 13.6. The highest BCUT2D eigenvalue weighted by Crippen LogP contribution is 2.20. The second kappa shape index (κ2) is 17.1. The van der Waals surface area contributed by atoms with Crippen LogP contribution in [0.1, 0.15) is 57.2 Å². The van der Waals surface area contributed by atoms with Crippen molar-refractivity contribution >= 4 is 17.9 Å². The lowest BCUT2D eigenvalue weighted by Gasteiger charge is -2.28. The fourth-order valence-electron chi connectivity index (χ4n) is 4.45. The predicted molar refractivity (Wildman–Crippen MR) is 164 cm³/mol. The molecule has 0 saturated heterocycles. The SMILES string of the molecule is CC(C)CO[C@H](NC(=O)[C@H](Cc1ccccc1)NC(=O)OCc1ccccc1)C(=O)NC(CC(C)C)[C@@H](O)c1ncnn1C. The number of benzene rings is 2. The molecule has 12 nitrogen and oxygen atoms in total. The van der Waals surface area contributed by atoms with Crippen molar-refractivity contribution in [2.45, 2.75) is 71.6 Å². The summed E-state index contributed by atoms with van der Waals surface area (Å²) in [4.78, 5) is 44.1. The zero-order chi connectivity index (χ0) is 32.1. The Morgan fingerprint density at radius 3 is 2.07 bits per heavy atom. The molecule has 3 amide bonds. The molecular weight excluding hydrogens is 564 g/mol. The number of rotatable bonds is 16.